The van der Waals surface area contributed by atoms with Crippen LogP contribution in [0.1, 0.15) is 61.1 Å². The molecular weight excluding hydrogens is 460 g/mol. The Bertz CT molecular complexity index is 1530. The van der Waals surface area contributed by atoms with Gasteiger partial charge in [-0.1, -0.05) is 30.3 Å². The number of rotatable bonds is 4. The summed E-state index contributed by atoms with van der Waals surface area (Å²) in [7, 11) is 0. The Morgan fingerprint density at radius 1 is 1.00 bits per heavy atom. The smallest absolute Gasteiger partial charge is 0.251 e. The Labute approximate surface area is 206 Å². The highest BCUT2D eigenvalue weighted by molar-refractivity contribution is 5.95. The first-order chi connectivity index (χ1) is 17.3. The molecule has 4 aromatic rings. The lowest BCUT2D eigenvalue weighted by Crippen LogP contribution is -2.29. The van der Waals surface area contributed by atoms with Gasteiger partial charge in [0.15, 0.2) is 0 Å². The van der Waals surface area contributed by atoms with Crippen molar-refractivity contribution in [1.82, 2.24) is 10.3 Å². The molecule has 0 spiro atoms. The number of carbonyl (C=O) groups excluding carboxylic acids is 1. The molecular formula is C29H23F2N3O2. The molecule has 180 valence electrons. The molecule has 36 heavy (non-hydrogen) atoms. The van der Waals surface area contributed by atoms with Gasteiger partial charge in [-0.15, -0.1) is 0 Å². The minimum absolute atomic E-state index is 0.273. The number of nitrogen functional groups attached to an aromatic ring is 1. The van der Waals surface area contributed by atoms with Crippen molar-refractivity contribution in [3.8, 4) is 0 Å². The van der Waals surface area contributed by atoms with Crippen LogP contribution >= 0.6 is 0 Å². The van der Waals surface area contributed by atoms with Crippen molar-refractivity contribution in [3.05, 3.63) is 129 Å². The Balaban J connectivity index is 1.41. The summed E-state index contributed by atoms with van der Waals surface area (Å²) in [6.07, 6.45) is -0.384. The number of hydrogen-bond donors (Lipinski definition) is 2. The normalized spacial score (nSPS) is 19.2. The van der Waals surface area contributed by atoms with Crippen LogP contribution in [-0.4, -0.2) is 10.9 Å². The number of aryl methyl sites for hydroxylation is 2. The SMILES string of the molecule is Cc1cc(N)nc(C)c1CNC(=O)c1ccc2c(c1)C1(c3cc(F)cc(F)c3)OC2c2ccccc21. The van der Waals surface area contributed by atoms with Crippen molar-refractivity contribution >= 4 is 11.7 Å². The summed E-state index contributed by atoms with van der Waals surface area (Å²) in [4.78, 5) is 17.5. The number of halogens is 2. The third kappa shape index (κ3) is 3.23. The number of nitrogens with one attached hydrogen (secondary N) is 1. The van der Waals surface area contributed by atoms with Gasteiger partial charge in [0.2, 0.25) is 0 Å². The summed E-state index contributed by atoms with van der Waals surface area (Å²) in [5.41, 5.74) is 11.4. The van der Waals surface area contributed by atoms with Crippen LogP contribution in [0, 0.1) is 25.5 Å². The van der Waals surface area contributed by atoms with Crippen molar-refractivity contribution in [1.29, 1.82) is 0 Å². The molecule has 0 saturated heterocycles. The van der Waals surface area contributed by atoms with Crippen molar-refractivity contribution in [3.63, 3.8) is 0 Å². The van der Waals surface area contributed by atoms with E-state index in [0.29, 0.717) is 29.1 Å². The fraction of sp³-hybridized carbons (Fsp3) is 0.172. The average Bonchev–Trinajstić information content (AvgIpc) is 3.36. The maximum Gasteiger partial charge on any atom is 0.251 e. The summed E-state index contributed by atoms with van der Waals surface area (Å²) >= 11 is 0. The highest BCUT2D eigenvalue weighted by Crippen LogP contribution is 2.60. The second kappa shape index (κ2) is 7.96. The van der Waals surface area contributed by atoms with E-state index >= 15 is 0 Å². The molecule has 3 aromatic carbocycles. The summed E-state index contributed by atoms with van der Waals surface area (Å²) in [5.74, 6) is -1.21. The van der Waals surface area contributed by atoms with Gasteiger partial charge in [0.25, 0.3) is 5.91 Å². The number of amides is 1. The first-order valence-electron chi connectivity index (χ1n) is 11.7. The first kappa shape index (κ1) is 22.4. The van der Waals surface area contributed by atoms with E-state index in [-0.39, 0.29) is 12.0 Å². The van der Waals surface area contributed by atoms with Crippen LogP contribution in [0.25, 0.3) is 0 Å². The van der Waals surface area contributed by atoms with Crippen LogP contribution in [0.3, 0.4) is 0 Å². The van der Waals surface area contributed by atoms with E-state index in [1.165, 1.54) is 12.1 Å². The van der Waals surface area contributed by atoms with Gasteiger partial charge < -0.3 is 15.8 Å². The molecule has 7 heteroatoms. The minimum Gasteiger partial charge on any atom is -0.384 e. The van der Waals surface area contributed by atoms with Gasteiger partial charge in [0, 0.05) is 23.9 Å². The van der Waals surface area contributed by atoms with E-state index in [1.54, 1.807) is 18.2 Å². The molecule has 6 rings (SSSR count). The van der Waals surface area contributed by atoms with Crippen molar-refractivity contribution in [2.75, 3.05) is 5.73 Å². The lowest BCUT2D eigenvalue weighted by molar-refractivity contribution is 0.0244. The van der Waals surface area contributed by atoms with Gasteiger partial charge in [0.05, 0.1) is 0 Å². The number of nitrogens with two attached hydrogens (primary N) is 1. The summed E-state index contributed by atoms with van der Waals surface area (Å²) in [5, 5.41) is 2.96. The average molecular weight is 484 g/mol. The number of fused-ring (bicyclic) bond motifs is 8. The zero-order chi connectivity index (χ0) is 25.2. The Kier molecular flexibility index (Phi) is 4.95. The molecule has 2 atom stereocenters. The zero-order valence-electron chi connectivity index (χ0n) is 19.7. The number of pyridine rings is 1. The fourth-order valence-electron chi connectivity index (χ4n) is 5.58. The lowest BCUT2D eigenvalue weighted by Gasteiger charge is -2.30. The molecule has 3 heterocycles. The van der Waals surface area contributed by atoms with Crippen LogP contribution in [0.5, 0.6) is 0 Å². The predicted octanol–water partition coefficient (Wildman–Crippen LogP) is 5.21. The quantitative estimate of drug-likeness (QED) is 0.418. The number of hydrogen-bond acceptors (Lipinski definition) is 4. The van der Waals surface area contributed by atoms with Gasteiger partial charge in [-0.05, 0) is 83.1 Å². The molecule has 2 unspecified atom stereocenters. The van der Waals surface area contributed by atoms with Gasteiger partial charge in [-0.2, -0.15) is 0 Å². The molecule has 3 N–H and O–H groups in total. The van der Waals surface area contributed by atoms with Crippen LogP contribution < -0.4 is 11.1 Å². The highest BCUT2D eigenvalue weighted by Gasteiger charge is 2.55. The van der Waals surface area contributed by atoms with E-state index in [1.807, 2.05) is 44.2 Å². The van der Waals surface area contributed by atoms with E-state index in [0.717, 1.165) is 39.6 Å². The summed E-state index contributed by atoms with van der Waals surface area (Å²) in [6, 6.07) is 18.3. The van der Waals surface area contributed by atoms with Crippen molar-refractivity contribution in [2.24, 2.45) is 0 Å². The number of carbonyl (C=O) groups is 1. The van der Waals surface area contributed by atoms with Crippen molar-refractivity contribution in [2.45, 2.75) is 32.1 Å². The van der Waals surface area contributed by atoms with Gasteiger partial charge >= 0.3 is 0 Å². The maximum atomic E-state index is 14.3. The van der Waals surface area contributed by atoms with E-state index < -0.39 is 17.2 Å². The Morgan fingerprint density at radius 3 is 2.47 bits per heavy atom. The number of ether oxygens (including phenoxy) is 1. The topological polar surface area (TPSA) is 77.2 Å². The molecule has 2 bridgehead atoms. The molecule has 5 nitrogen and oxygen atoms in total. The van der Waals surface area contributed by atoms with Crippen LogP contribution in [-0.2, 0) is 16.9 Å². The molecule has 2 aliphatic rings. The van der Waals surface area contributed by atoms with E-state index in [4.69, 9.17) is 10.5 Å². The first-order valence-corrected chi connectivity index (χ1v) is 11.7. The van der Waals surface area contributed by atoms with Crippen molar-refractivity contribution < 1.29 is 18.3 Å². The molecule has 1 aromatic heterocycles. The lowest BCUT2D eigenvalue weighted by atomic mass is 9.73. The fourth-order valence-corrected chi connectivity index (χ4v) is 5.58. The summed E-state index contributed by atoms with van der Waals surface area (Å²) < 4.78 is 35.2. The Morgan fingerprint density at radius 2 is 1.72 bits per heavy atom. The van der Waals surface area contributed by atoms with E-state index in [9.17, 15) is 13.6 Å². The Hall–Kier alpha value is -4.10. The number of aromatic nitrogens is 1. The summed E-state index contributed by atoms with van der Waals surface area (Å²) in [6.45, 7) is 4.08. The van der Waals surface area contributed by atoms with Gasteiger partial charge in [-0.25, -0.2) is 13.8 Å². The maximum absolute atomic E-state index is 14.3. The second-order valence-electron chi connectivity index (χ2n) is 9.34. The van der Waals surface area contributed by atoms with Gasteiger partial charge in [0.1, 0.15) is 29.2 Å². The second-order valence-corrected chi connectivity index (χ2v) is 9.34. The number of anilines is 1. The molecule has 0 aliphatic carbocycles. The zero-order valence-corrected chi connectivity index (χ0v) is 19.7. The standard InChI is InChI=1S/C29H23F2N3O2/c1-15-9-26(32)34-16(2)23(15)14-33-28(35)17-7-8-22-25(10-17)29(18-11-19(30)13-20(31)12-18)24-6-4-3-5-21(24)27(22)36-29/h3-13,27H,14H2,1-2H3,(H2,32,34)(H,33,35). The molecule has 0 fully saturated rings. The van der Waals surface area contributed by atoms with Crippen LogP contribution in [0.2, 0.25) is 0 Å². The highest BCUT2D eigenvalue weighted by atomic mass is 19.1. The number of benzene rings is 3. The molecule has 0 saturated carbocycles. The number of nitrogens with zero attached hydrogens (tertiary/aromatic N) is 1. The third-order valence-corrected chi connectivity index (χ3v) is 7.16. The van der Waals surface area contributed by atoms with E-state index in [2.05, 4.69) is 10.3 Å². The van der Waals surface area contributed by atoms with Crippen LogP contribution in [0.15, 0.2) is 66.7 Å². The molecule has 2 aliphatic heterocycles. The predicted molar refractivity (Wildman–Crippen MR) is 131 cm³/mol. The largest absolute Gasteiger partial charge is 0.384 e. The molecule has 1 amide bonds. The van der Waals surface area contributed by atoms with Gasteiger partial charge in [-0.3, -0.25) is 4.79 Å². The molecule has 0 radical (unpaired) electrons. The monoisotopic (exact) mass is 483 g/mol. The third-order valence-electron chi connectivity index (χ3n) is 7.16. The van der Waals surface area contributed by atoms with Crippen LogP contribution in [0.4, 0.5) is 14.6 Å². The minimum atomic E-state index is -1.20.